The second-order valence-electron chi connectivity index (χ2n) is 3.80. The van der Waals surface area contributed by atoms with Crippen LogP contribution in [0.15, 0.2) is 41.6 Å². The summed E-state index contributed by atoms with van der Waals surface area (Å²) in [5.41, 5.74) is 6.48. The van der Waals surface area contributed by atoms with E-state index in [1.54, 1.807) is 18.3 Å². The Hall–Kier alpha value is -2.70. The lowest BCUT2D eigenvalue weighted by molar-refractivity contribution is 0.644. The maximum Gasteiger partial charge on any atom is 0.350 e. The van der Waals surface area contributed by atoms with Crippen molar-refractivity contribution in [2.75, 3.05) is 5.73 Å². The Kier molecular flexibility index (Phi) is 2.30. The average Bonchev–Trinajstić information content (AvgIpc) is 2.70. The van der Waals surface area contributed by atoms with Crippen LogP contribution in [0.3, 0.4) is 0 Å². The molecule has 3 rings (SSSR count). The monoisotopic (exact) mass is 242 g/mol. The van der Waals surface area contributed by atoms with Gasteiger partial charge in [0.05, 0.1) is 24.6 Å². The molecule has 0 saturated carbocycles. The lowest BCUT2D eigenvalue weighted by Crippen LogP contribution is -2.22. The first-order chi connectivity index (χ1) is 8.74. The number of anilines is 1. The van der Waals surface area contributed by atoms with Crippen molar-refractivity contribution in [3.8, 4) is 0 Å². The molecule has 0 amide bonds. The fraction of sp³-hybridized carbons (Fsp3) is 0.0909. The van der Waals surface area contributed by atoms with E-state index >= 15 is 0 Å². The molecule has 0 aliphatic heterocycles. The molecule has 0 radical (unpaired) electrons. The van der Waals surface area contributed by atoms with E-state index in [1.165, 1.54) is 21.5 Å². The second-order valence-corrected chi connectivity index (χ2v) is 3.80. The highest BCUT2D eigenvalue weighted by atomic mass is 16.2. The molecule has 18 heavy (non-hydrogen) atoms. The number of hydrogen-bond acceptors (Lipinski definition) is 5. The van der Waals surface area contributed by atoms with Crippen LogP contribution in [0.5, 0.6) is 0 Å². The van der Waals surface area contributed by atoms with E-state index in [2.05, 4.69) is 15.1 Å². The average molecular weight is 242 g/mol. The van der Waals surface area contributed by atoms with Crippen molar-refractivity contribution < 1.29 is 0 Å². The number of hydrogen-bond donors (Lipinski definition) is 1. The van der Waals surface area contributed by atoms with Gasteiger partial charge in [-0.15, -0.1) is 5.10 Å². The third-order valence-corrected chi connectivity index (χ3v) is 2.53. The molecule has 3 heterocycles. The van der Waals surface area contributed by atoms with Crippen molar-refractivity contribution in [2.45, 2.75) is 6.54 Å². The molecule has 0 saturated heterocycles. The maximum absolute atomic E-state index is 12.0. The zero-order valence-corrected chi connectivity index (χ0v) is 9.39. The zero-order chi connectivity index (χ0) is 12.5. The van der Waals surface area contributed by atoms with E-state index in [0.717, 1.165) is 0 Å². The summed E-state index contributed by atoms with van der Waals surface area (Å²) >= 11 is 0. The molecule has 0 spiro atoms. The van der Waals surface area contributed by atoms with Crippen LogP contribution in [-0.2, 0) is 6.54 Å². The minimum atomic E-state index is -0.204. The summed E-state index contributed by atoms with van der Waals surface area (Å²) in [5, 5.41) is 4.20. The molecule has 7 heteroatoms. The molecule has 0 unspecified atom stereocenters. The molecule has 3 aromatic heterocycles. The van der Waals surface area contributed by atoms with Crippen LogP contribution >= 0.6 is 0 Å². The van der Waals surface area contributed by atoms with Gasteiger partial charge < -0.3 is 5.73 Å². The van der Waals surface area contributed by atoms with Crippen LogP contribution in [0.2, 0.25) is 0 Å². The van der Waals surface area contributed by atoms with E-state index in [-0.39, 0.29) is 12.2 Å². The van der Waals surface area contributed by atoms with Crippen LogP contribution in [-0.4, -0.2) is 24.1 Å². The third-order valence-electron chi connectivity index (χ3n) is 2.53. The molecule has 2 N–H and O–H groups in total. The number of nitrogens with zero attached hydrogens (tertiary/aromatic N) is 5. The van der Waals surface area contributed by atoms with Crippen LogP contribution in [0, 0.1) is 0 Å². The van der Waals surface area contributed by atoms with Gasteiger partial charge in [0.1, 0.15) is 5.82 Å². The molecule has 7 nitrogen and oxygen atoms in total. The number of aromatic nitrogens is 5. The Labute approximate surface area is 102 Å². The van der Waals surface area contributed by atoms with Gasteiger partial charge in [-0.2, -0.15) is 0 Å². The van der Waals surface area contributed by atoms with Crippen molar-refractivity contribution >= 4 is 11.5 Å². The van der Waals surface area contributed by atoms with E-state index in [9.17, 15) is 4.79 Å². The van der Waals surface area contributed by atoms with Gasteiger partial charge in [-0.25, -0.2) is 14.5 Å². The first kappa shape index (κ1) is 10.5. The van der Waals surface area contributed by atoms with Crippen molar-refractivity contribution in [3.63, 3.8) is 0 Å². The summed E-state index contributed by atoms with van der Waals surface area (Å²) in [6.07, 6.45) is 4.66. The van der Waals surface area contributed by atoms with Crippen LogP contribution in [0.4, 0.5) is 5.82 Å². The maximum atomic E-state index is 12.0. The molecule has 0 atom stereocenters. The fourth-order valence-corrected chi connectivity index (χ4v) is 1.67. The Balaban J connectivity index is 2.02. The van der Waals surface area contributed by atoms with E-state index < -0.39 is 0 Å². The summed E-state index contributed by atoms with van der Waals surface area (Å²) in [7, 11) is 0. The van der Waals surface area contributed by atoms with Gasteiger partial charge in [0.25, 0.3) is 0 Å². The van der Waals surface area contributed by atoms with Crippen LogP contribution in [0.1, 0.15) is 5.69 Å². The van der Waals surface area contributed by atoms with Gasteiger partial charge in [-0.1, -0.05) is 6.07 Å². The third kappa shape index (κ3) is 1.71. The molecule has 0 bridgehead atoms. The van der Waals surface area contributed by atoms with E-state index in [1.807, 2.05) is 6.07 Å². The topological polar surface area (TPSA) is 91.1 Å². The number of pyridine rings is 1. The molecular formula is C11H10N6O. The molecule has 0 aliphatic carbocycles. The predicted octanol–water partition coefficient (Wildman–Crippen LogP) is -0.0835. The number of rotatable bonds is 2. The number of nitrogen functional groups attached to an aromatic ring is 1. The Bertz CT molecular complexity index is 742. The van der Waals surface area contributed by atoms with Gasteiger partial charge in [-0.05, 0) is 12.1 Å². The predicted molar refractivity (Wildman–Crippen MR) is 65.0 cm³/mol. The highest BCUT2D eigenvalue weighted by Gasteiger charge is 2.07. The SMILES string of the molecule is Nc1cnc(Cn2nc3ccccn3c2=O)cn1. The zero-order valence-electron chi connectivity index (χ0n) is 9.39. The Morgan fingerprint density at radius 1 is 1.22 bits per heavy atom. The highest BCUT2D eigenvalue weighted by molar-refractivity contribution is 5.35. The first-order valence-corrected chi connectivity index (χ1v) is 5.34. The molecular weight excluding hydrogens is 232 g/mol. The second kappa shape index (κ2) is 3.95. The number of nitrogens with two attached hydrogens (primary N) is 1. The lowest BCUT2D eigenvalue weighted by atomic mass is 10.4. The van der Waals surface area contributed by atoms with Crippen molar-refractivity contribution in [3.05, 3.63) is 53.0 Å². The van der Waals surface area contributed by atoms with Gasteiger partial charge in [-0.3, -0.25) is 9.38 Å². The van der Waals surface area contributed by atoms with E-state index in [4.69, 9.17) is 5.73 Å². The summed E-state index contributed by atoms with van der Waals surface area (Å²) in [6, 6.07) is 5.38. The molecule has 0 fully saturated rings. The van der Waals surface area contributed by atoms with Crippen LogP contribution < -0.4 is 11.4 Å². The minimum Gasteiger partial charge on any atom is -0.382 e. The summed E-state index contributed by atoms with van der Waals surface area (Å²) in [5.74, 6) is 0.348. The lowest BCUT2D eigenvalue weighted by Gasteiger charge is -1.98. The highest BCUT2D eigenvalue weighted by Crippen LogP contribution is 1.99. The van der Waals surface area contributed by atoms with Gasteiger partial charge >= 0.3 is 5.69 Å². The quantitative estimate of drug-likeness (QED) is 0.678. The summed E-state index contributed by atoms with van der Waals surface area (Å²) in [4.78, 5) is 20.0. The smallest absolute Gasteiger partial charge is 0.350 e. The van der Waals surface area contributed by atoms with Gasteiger partial charge in [0.2, 0.25) is 0 Å². The largest absolute Gasteiger partial charge is 0.382 e. The molecule has 0 aliphatic rings. The summed E-state index contributed by atoms with van der Waals surface area (Å²) in [6.45, 7) is 0.272. The number of fused-ring (bicyclic) bond motifs is 1. The van der Waals surface area contributed by atoms with Crippen molar-refractivity contribution in [1.82, 2.24) is 24.1 Å². The van der Waals surface area contributed by atoms with E-state index in [0.29, 0.717) is 17.2 Å². The van der Waals surface area contributed by atoms with Gasteiger partial charge in [0, 0.05) is 6.20 Å². The van der Waals surface area contributed by atoms with Crippen LogP contribution in [0.25, 0.3) is 5.65 Å². The van der Waals surface area contributed by atoms with Gasteiger partial charge in [0.15, 0.2) is 5.65 Å². The standard InChI is InChI=1S/C11H10N6O/c12-9-6-13-8(5-14-9)7-17-11(18)16-4-2-1-3-10(16)15-17/h1-6H,7H2,(H2,12,14). The Morgan fingerprint density at radius 3 is 2.83 bits per heavy atom. The molecule has 3 aromatic rings. The van der Waals surface area contributed by atoms with Crippen molar-refractivity contribution in [1.29, 1.82) is 0 Å². The van der Waals surface area contributed by atoms with Crippen molar-refractivity contribution in [2.24, 2.45) is 0 Å². The molecule has 90 valence electrons. The normalized spacial score (nSPS) is 10.9. The Morgan fingerprint density at radius 2 is 2.11 bits per heavy atom. The minimum absolute atomic E-state index is 0.204. The summed E-state index contributed by atoms with van der Waals surface area (Å²) < 4.78 is 2.82. The fourth-order valence-electron chi connectivity index (χ4n) is 1.67. The first-order valence-electron chi connectivity index (χ1n) is 5.34. The molecule has 0 aromatic carbocycles.